The van der Waals surface area contributed by atoms with Crippen LogP contribution in [0.15, 0.2) is 282 Å². The molecule has 12 aromatic carbocycles. The molecule has 0 fully saturated rings. The second kappa shape index (κ2) is 17.6. The van der Waals surface area contributed by atoms with Crippen LogP contribution in [0.4, 0.5) is 0 Å². The molecule has 0 spiro atoms. The third-order valence-corrected chi connectivity index (χ3v) is 17.1. The van der Waals surface area contributed by atoms with E-state index in [1.54, 1.807) is 0 Å². The van der Waals surface area contributed by atoms with E-state index < -0.39 is 0 Å². The van der Waals surface area contributed by atoms with Gasteiger partial charge in [-0.05, 0) is 138 Å². The predicted octanol–water partition coefficient (Wildman–Crippen LogP) is 20.2. The Bertz CT molecular complexity index is 5610. The molecule has 83 heavy (non-hydrogen) atoms. The lowest BCUT2D eigenvalue weighted by Gasteiger charge is -2.12. The predicted molar refractivity (Wildman–Crippen MR) is 341 cm³/mol. The molecule has 6 aromatic heterocycles. The van der Waals surface area contributed by atoms with Gasteiger partial charge in [-0.2, -0.15) is 0 Å². The van der Waals surface area contributed by atoms with Crippen LogP contribution in [0.3, 0.4) is 0 Å². The van der Waals surface area contributed by atoms with Gasteiger partial charge >= 0.3 is 0 Å². The lowest BCUT2D eigenvalue weighted by atomic mass is 9.98. The lowest BCUT2D eigenvalue weighted by molar-refractivity contribution is 0.633. The van der Waals surface area contributed by atoms with E-state index in [9.17, 15) is 0 Å². The topological polar surface area (TPSA) is 66.8 Å². The summed E-state index contributed by atoms with van der Waals surface area (Å²) in [5, 5.41) is 11.1. The van der Waals surface area contributed by atoms with Gasteiger partial charge in [0, 0.05) is 76.4 Å². The fraction of sp³-hybridized carbons (Fsp3) is 0. The van der Waals surface area contributed by atoms with E-state index in [4.69, 9.17) is 18.8 Å². The van der Waals surface area contributed by atoms with Crippen LogP contribution in [-0.2, 0) is 0 Å². The van der Waals surface area contributed by atoms with Crippen molar-refractivity contribution in [3.05, 3.63) is 273 Å². The molecule has 0 unspecified atom stereocenters. The zero-order valence-corrected chi connectivity index (χ0v) is 44.5. The molecule has 0 aliphatic carbocycles. The highest BCUT2D eigenvalue weighted by Crippen LogP contribution is 2.45. The smallest absolute Gasteiger partial charge is 0.235 e. The number of fused-ring (bicyclic) bond motifs is 16. The van der Waals surface area contributed by atoms with Crippen molar-refractivity contribution in [2.45, 2.75) is 0 Å². The number of nitrogens with zero attached hydrogens (tertiary/aromatic N) is 5. The maximum absolute atomic E-state index is 6.59. The Hall–Kier alpha value is -11.3. The van der Waals surface area contributed by atoms with E-state index in [-0.39, 0.29) is 0 Å². The molecule has 7 heteroatoms. The SMILES string of the molecule is c1ccc(-c2cc(-c3ccccc3)nc(-n3c4ccc(-c5ccc6c(c5)c5cc(-c7ccc8oc9c(ccc%10c%11ccccc%11oc%109)c8c7)ccc5n6-c5ccccc5)cc4c4cc5c(cc43)c3ccccc3n5-c3ccccc3)n2)cc1. The van der Waals surface area contributed by atoms with Crippen LogP contribution in [0.5, 0.6) is 0 Å². The fourth-order valence-electron chi connectivity index (χ4n) is 13.2. The van der Waals surface area contributed by atoms with Gasteiger partial charge in [-0.15, -0.1) is 0 Å². The second-order valence-corrected chi connectivity index (χ2v) is 21.7. The summed E-state index contributed by atoms with van der Waals surface area (Å²) in [5.41, 5.74) is 20.3. The van der Waals surface area contributed by atoms with Gasteiger partial charge in [0.05, 0.1) is 44.5 Å². The molecular formula is C76H45N5O2. The zero-order chi connectivity index (χ0) is 54.3. The summed E-state index contributed by atoms with van der Waals surface area (Å²) in [5.74, 6) is 0.610. The molecule has 7 nitrogen and oxygen atoms in total. The lowest BCUT2D eigenvalue weighted by Crippen LogP contribution is -2.04. The highest BCUT2D eigenvalue weighted by Gasteiger charge is 2.23. The highest BCUT2D eigenvalue weighted by molar-refractivity contribution is 6.21. The number of furan rings is 2. The van der Waals surface area contributed by atoms with E-state index in [1.807, 2.05) is 24.3 Å². The first-order chi connectivity index (χ1) is 41.1. The summed E-state index contributed by atoms with van der Waals surface area (Å²) in [7, 11) is 0. The molecule has 0 aliphatic rings. The number of para-hydroxylation sites is 4. The normalized spacial score (nSPS) is 12.1. The molecule has 18 rings (SSSR count). The molecule has 0 N–H and O–H groups in total. The molecule has 0 atom stereocenters. The monoisotopic (exact) mass is 1060 g/mol. The van der Waals surface area contributed by atoms with Crippen LogP contribution in [0.2, 0.25) is 0 Å². The van der Waals surface area contributed by atoms with E-state index in [0.29, 0.717) is 5.95 Å². The van der Waals surface area contributed by atoms with Crippen molar-refractivity contribution in [1.82, 2.24) is 23.7 Å². The Morgan fingerprint density at radius 1 is 0.229 bits per heavy atom. The molecule has 0 radical (unpaired) electrons. The minimum atomic E-state index is 0.610. The fourth-order valence-corrected chi connectivity index (χ4v) is 13.2. The van der Waals surface area contributed by atoms with Gasteiger partial charge < -0.3 is 18.0 Å². The quantitative estimate of drug-likeness (QED) is 0.159. The van der Waals surface area contributed by atoms with Crippen LogP contribution < -0.4 is 0 Å². The van der Waals surface area contributed by atoms with E-state index in [1.165, 1.54) is 16.2 Å². The van der Waals surface area contributed by atoms with Crippen LogP contribution in [0.1, 0.15) is 0 Å². The number of hydrogen-bond acceptors (Lipinski definition) is 4. The van der Waals surface area contributed by atoms with Gasteiger partial charge in [0.15, 0.2) is 11.2 Å². The summed E-state index contributed by atoms with van der Waals surface area (Å²) < 4.78 is 20.1. The summed E-state index contributed by atoms with van der Waals surface area (Å²) in [6.45, 7) is 0. The summed E-state index contributed by atoms with van der Waals surface area (Å²) in [4.78, 5) is 10.9. The average molecular weight is 1060 g/mol. The van der Waals surface area contributed by atoms with Gasteiger partial charge in [-0.3, -0.25) is 4.57 Å². The molecule has 6 heterocycles. The number of rotatable bonds is 7. The van der Waals surface area contributed by atoms with Crippen molar-refractivity contribution in [1.29, 1.82) is 0 Å². The van der Waals surface area contributed by atoms with Crippen molar-refractivity contribution < 1.29 is 8.83 Å². The summed E-state index contributed by atoms with van der Waals surface area (Å²) >= 11 is 0. The minimum Gasteiger partial charge on any atom is -0.452 e. The first-order valence-corrected chi connectivity index (χ1v) is 28.1. The van der Waals surface area contributed by atoms with E-state index >= 15 is 0 Å². The van der Waals surface area contributed by atoms with Gasteiger partial charge in [0.2, 0.25) is 5.95 Å². The van der Waals surface area contributed by atoms with Crippen molar-refractivity contribution in [2.75, 3.05) is 0 Å². The molecule has 0 amide bonds. The van der Waals surface area contributed by atoms with E-state index in [0.717, 1.165) is 149 Å². The van der Waals surface area contributed by atoms with Crippen LogP contribution >= 0.6 is 0 Å². The average Bonchev–Trinajstić information content (AvgIpc) is 3.13. The second-order valence-electron chi connectivity index (χ2n) is 21.7. The maximum Gasteiger partial charge on any atom is 0.235 e. The molecular weight excluding hydrogens is 1010 g/mol. The Morgan fingerprint density at radius 3 is 1.18 bits per heavy atom. The standard InChI is InChI=1S/C76H45N5O2/c1-5-17-46(18-6-1)64-45-65(47-19-7-2-8-20-47)78-76(77-64)81-69-37-31-49(41-60(69)62-44-70-61(43-71(62)81)54-25-13-15-27-66(54)80(70)53-23-11-4-12-24-53)48-29-35-67-58(39-48)59-40-50(30-36-68(59)79(67)52-21-9-3-10-22-52)51-32-38-73-63(42-51)57-34-33-56-55-26-14-16-28-72(55)82-74(56)75(57)83-73/h1-45H. The summed E-state index contributed by atoms with van der Waals surface area (Å²) in [6, 6.07) is 97.7. The van der Waals surface area contributed by atoms with Gasteiger partial charge in [0.1, 0.15) is 11.2 Å². The van der Waals surface area contributed by atoms with Crippen LogP contribution in [0, 0.1) is 0 Å². The molecule has 0 saturated heterocycles. The number of hydrogen-bond donors (Lipinski definition) is 0. The number of benzene rings is 12. The third-order valence-electron chi connectivity index (χ3n) is 17.1. The Kier molecular flexibility index (Phi) is 9.67. The highest BCUT2D eigenvalue weighted by atomic mass is 16.4. The zero-order valence-electron chi connectivity index (χ0n) is 44.5. The van der Waals surface area contributed by atoms with Gasteiger partial charge in [0.25, 0.3) is 0 Å². The minimum absolute atomic E-state index is 0.610. The van der Waals surface area contributed by atoms with E-state index in [2.05, 4.69) is 262 Å². The molecule has 0 bridgehead atoms. The molecule has 386 valence electrons. The molecule has 0 saturated carbocycles. The first kappa shape index (κ1) is 45.6. The van der Waals surface area contributed by atoms with Crippen LogP contribution in [0.25, 0.3) is 171 Å². The third kappa shape index (κ3) is 6.92. The van der Waals surface area contributed by atoms with Gasteiger partial charge in [-0.25, -0.2) is 9.97 Å². The van der Waals surface area contributed by atoms with Gasteiger partial charge in [-0.1, -0.05) is 158 Å². The molecule has 0 aliphatic heterocycles. The van der Waals surface area contributed by atoms with Crippen molar-refractivity contribution >= 4 is 109 Å². The molecule has 18 aromatic rings. The Morgan fingerprint density at radius 2 is 0.614 bits per heavy atom. The Labute approximate surface area is 474 Å². The van der Waals surface area contributed by atoms with Crippen molar-refractivity contribution in [3.63, 3.8) is 0 Å². The summed E-state index contributed by atoms with van der Waals surface area (Å²) in [6.07, 6.45) is 0. The maximum atomic E-state index is 6.59. The largest absolute Gasteiger partial charge is 0.452 e. The first-order valence-electron chi connectivity index (χ1n) is 28.1. The number of aromatic nitrogens is 5. The van der Waals surface area contributed by atoms with Crippen molar-refractivity contribution in [3.8, 4) is 62.1 Å². The Balaban J connectivity index is 0.853. The van der Waals surface area contributed by atoms with Crippen LogP contribution in [-0.4, -0.2) is 23.7 Å². The van der Waals surface area contributed by atoms with Crippen molar-refractivity contribution in [2.24, 2.45) is 0 Å².